The Kier molecular flexibility index (Phi) is 7.60. The summed E-state index contributed by atoms with van der Waals surface area (Å²) in [7, 11) is 0.364. The predicted octanol–water partition coefficient (Wildman–Crippen LogP) is 0.655. The number of nitrogens with zero attached hydrogens (tertiary/aromatic N) is 2. The van der Waals surface area contributed by atoms with Gasteiger partial charge in [0.15, 0.2) is 0 Å². The van der Waals surface area contributed by atoms with Gasteiger partial charge in [-0.3, -0.25) is 4.79 Å². The van der Waals surface area contributed by atoms with Crippen molar-refractivity contribution in [3.05, 3.63) is 35.6 Å². The molecule has 0 heterocycles. The molecule has 1 aromatic rings. The molecule has 1 amide bonds. The maximum absolute atomic E-state index is 12.8. The van der Waals surface area contributed by atoms with E-state index < -0.39 is 10.0 Å². The van der Waals surface area contributed by atoms with Crippen LogP contribution in [0.25, 0.3) is 0 Å². The molecular weight excluding hydrogens is 321 g/mol. The van der Waals surface area contributed by atoms with Gasteiger partial charge in [-0.1, -0.05) is 12.1 Å². The zero-order valence-electron chi connectivity index (χ0n) is 13.8. The monoisotopic (exact) mass is 345 g/mol. The van der Waals surface area contributed by atoms with Gasteiger partial charge in [0, 0.05) is 13.1 Å². The van der Waals surface area contributed by atoms with Crippen molar-refractivity contribution in [2.24, 2.45) is 0 Å². The Labute approximate surface area is 137 Å². The van der Waals surface area contributed by atoms with Gasteiger partial charge in [0.2, 0.25) is 15.9 Å². The van der Waals surface area contributed by atoms with E-state index in [1.54, 1.807) is 12.1 Å². The maximum atomic E-state index is 12.8. The summed E-state index contributed by atoms with van der Waals surface area (Å²) in [6.45, 7) is 1.05. The van der Waals surface area contributed by atoms with Crippen LogP contribution in [0.5, 0.6) is 0 Å². The molecule has 0 spiro atoms. The zero-order chi connectivity index (χ0) is 17.5. The minimum absolute atomic E-state index is 0.215. The molecule has 130 valence electrons. The van der Waals surface area contributed by atoms with Gasteiger partial charge in [0.05, 0.1) is 12.8 Å². The van der Waals surface area contributed by atoms with Crippen LogP contribution in [0.1, 0.15) is 12.0 Å². The third kappa shape index (κ3) is 8.06. The average Bonchev–Trinajstić information content (AvgIpc) is 2.44. The summed E-state index contributed by atoms with van der Waals surface area (Å²) in [6, 6.07) is 5.76. The first kappa shape index (κ1) is 19.5. The summed E-state index contributed by atoms with van der Waals surface area (Å²) in [5.41, 5.74) is 0.748. The summed E-state index contributed by atoms with van der Waals surface area (Å²) in [5, 5.41) is 2.64. The van der Waals surface area contributed by atoms with Crippen LogP contribution in [-0.4, -0.2) is 63.5 Å². The molecule has 0 saturated heterocycles. The molecule has 6 nitrogen and oxygen atoms in total. The number of hydrogen-bond donors (Lipinski definition) is 1. The predicted molar refractivity (Wildman–Crippen MR) is 87.8 cm³/mol. The van der Waals surface area contributed by atoms with E-state index in [4.69, 9.17) is 0 Å². The van der Waals surface area contributed by atoms with Crippen molar-refractivity contribution in [1.29, 1.82) is 0 Å². The normalized spacial score (nSPS) is 11.9. The second kappa shape index (κ2) is 8.95. The lowest BCUT2D eigenvalue weighted by molar-refractivity contribution is -0.121. The third-order valence-electron chi connectivity index (χ3n) is 3.20. The van der Waals surface area contributed by atoms with Crippen molar-refractivity contribution in [2.45, 2.75) is 13.0 Å². The van der Waals surface area contributed by atoms with Gasteiger partial charge in [0.25, 0.3) is 0 Å². The fraction of sp³-hybridized carbons (Fsp3) is 0.533. The summed E-state index contributed by atoms with van der Waals surface area (Å²) in [6.07, 6.45) is 1.74. The van der Waals surface area contributed by atoms with Crippen molar-refractivity contribution >= 4 is 15.9 Å². The fourth-order valence-electron chi connectivity index (χ4n) is 1.94. The molecule has 0 unspecified atom stereocenters. The van der Waals surface area contributed by atoms with Crippen LogP contribution in [0.4, 0.5) is 4.39 Å². The lowest BCUT2D eigenvalue weighted by Crippen LogP contribution is -2.41. The summed E-state index contributed by atoms with van der Waals surface area (Å²) >= 11 is 0. The molecule has 1 aromatic carbocycles. The van der Waals surface area contributed by atoms with E-state index in [-0.39, 0.29) is 24.8 Å². The molecule has 1 N–H and O–H groups in total. The average molecular weight is 345 g/mol. The van der Waals surface area contributed by atoms with E-state index in [0.717, 1.165) is 22.7 Å². The molecular formula is C15H24FN3O3S. The second-order valence-corrected chi connectivity index (χ2v) is 7.64. The van der Waals surface area contributed by atoms with Gasteiger partial charge in [-0.05, 0) is 44.8 Å². The van der Waals surface area contributed by atoms with Crippen LogP contribution in [-0.2, 0) is 21.4 Å². The van der Waals surface area contributed by atoms with E-state index in [1.807, 2.05) is 19.0 Å². The quantitative estimate of drug-likeness (QED) is 0.714. The minimum atomic E-state index is -3.44. The number of amides is 1. The Bertz CT molecular complexity index is 603. The molecule has 0 aliphatic rings. The number of benzene rings is 1. The molecule has 0 bridgehead atoms. The summed E-state index contributed by atoms with van der Waals surface area (Å²) < 4.78 is 37.5. The van der Waals surface area contributed by atoms with Crippen LogP contribution in [0.15, 0.2) is 24.3 Å². The van der Waals surface area contributed by atoms with E-state index in [9.17, 15) is 17.6 Å². The van der Waals surface area contributed by atoms with Gasteiger partial charge in [0.1, 0.15) is 5.82 Å². The molecule has 0 fully saturated rings. The Morgan fingerprint density at radius 1 is 1.17 bits per heavy atom. The Morgan fingerprint density at radius 3 is 2.30 bits per heavy atom. The van der Waals surface area contributed by atoms with Crippen molar-refractivity contribution in [1.82, 2.24) is 14.5 Å². The molecule has 0 aliphatic heterocycles. The third-order valence-corrected chi connectivity index (χ3v) is 4.45. The zero-order valence-corrected chi connectivity index (χ0v) is 14.6. The largest absolute Gasteiger partial charge is 0.351 e. The molecule has 0 aliphatic carbocycles. The van der Waals surface area contributed by atoms with Crippen molar-refractivity contribution in [3.63, 3.8) is 0 Å². The van der Waals surface area contributed by atoms with E-state index in [0.29, 0.717) is 13.0 Å². The topological polar surface area (TPSA) is 69.7 Å². The Hall–Kier alpha value is -1.51. The highest BCUT2D eigenvalue weighted by Crippen LogP contribution is 2.03. The van der Waals surface area contributed by atoms with Crippen molar-refractivity contribution in [3.8, 4) is 0 Å². The number of halogens is 1. The number of carbonyl (C=O) groups excluding carboxylic acids is 1. The molecule has 1 rings (SSSR count). The van der Waals surface area contributed by atoms with Crippen LogP contribution in [0.3, 0.4) is 0 Å². The van der Waals surface area contributed by atoms with Crippen molar-refractivity contribution in [2.75, 3.05) is 40.0 Å². The molecule has 8 heteroatoms. The fourth-order valence-corrected chi connectivity index (χ4v) is 2.76. The minimum Gasteiger partial charge on any atom is -0.351 e. The summed E-state index contributed by atoms with van der Waals surface area (Å²) in [4.78, 5) is 13.9. The SMILES string of the molecule is CN(C)CCCN(CC(=O)NCc1ccc(F)cc1)S(C)(=O)=O. The number of carbonyl (C=O) groups is 1. The van der Waals surface area contributed by atoms with Crippen LogP contribution in [0.2, 0.25) is 0 Å². The summed E-state index contributed by atoms with van der Waals surface area (Å²) in [5.74, 6) is -0.728. The molecule has 0 saturated carbocycles. The first-order chi connectivity index (χ1) is 10.7. The molecule has 23 heavy (non-hydrogen) atoms. The van der Waals surface area contributed by atoms with Crippen molar-refractivity contribution < 1.29 is 17.6 Å². The standard InChI is InChI=1S/C15H24FN3O3S/c1-18(2)9-4-10-19(23(3,21)22)12-15(20)17-11-13-5-7-14(16)8-6-13/h5-8H,4,9-12H2,1-3H3,(H,17,20). The lowest BCUT2D eigenvalue weighted by Gasteiger charge is -2.20. The maximum Gasteiger partial charge on any atom is 0.235 e. The smallest absolute Gasteiger partial charge is 0.235 e. The molecule has 0 radical (unpaired) electrons. The van der Waals surface area contributed by atoms with Gasteiger partial charge >= 0.3 is 0 Å². The van der Waals surface area contributed by atoms with E-state index >= 15 is 0 Å². The number of rotatable bonds is 9. The molecule has 0 atom stereocenters. The first-order valence-electron chi connectivity index (χ1n) is 7.29. The Balaban J connectivity index is 2.51. The second-order valence-electron chi connectivity index (χ2n) is 5.66. The van der Waals surface area contributed by atoms with Gasteiger partial charge in [-0.25, -0.2) is 12.8 Å². The van der Waals surface area contributed by atoms with Gasteiger partial charge < -0.3 is 10.2 Å². The molecule has 0 aromatic heterocycles. The highest BCUT2D eigenvalue weighted by Gasteiger charge is 2.19. The van der Waals surface area contributed by atoms with Crippen LogP contribution >= 0.6 is 0 Å². The first-order valence-corrected chi connectivity index (χ1v) is 9.14. The number of nitrogens with one attached hydrogen (secondary N) is 1. The van der Waals surface area contributed by atoms with Crippen LogP contribution in [0, 0.1) is 5.82 Å². The van der Waals surface area contributed by atoms with E-state index in [1.165, 1.54) is 12.1 Å². The highest BCUT2D eigenvalue weighted by molar-refractivity contribution is 7.88. The van der Waals surface area contributed by atoms with Gasteiger partial charge in [-0.2, -0.15) is 4.31 Å². The lowest BCUT2D eigenvalue weighted by atomic mass is 10.2. The Morgan fingerprint density at radius 2 is 1.78 bits per heavy atom. The van der Waals surface area contributed by atoms with Gasteiger partial charge in [-0.15, -0.1) is 0 Å². The number of hydrogen-bond acceptors (Lipinski definition) is 4. The van der Waals surface area contributed by atoms with E-state index in [2.05, 4.69) is 5.32 Å². The highest BCUT2D eigenvalue weighted by atomic mass is 32.2. The van der Waals surface area contributed by atoms with Crippen LogP contribution < -0.4 is 5.32 Å². The number of sulfonamides is 1.